The standard InChI is InChI=1S/C10H20N2O2/c1-2-4-9(11)10(14)12-6-3-5-8(12)7-13/h8-9,13H,2-7,11H2,1H3/t8?,9-/m1/s1. The highest BCUT2D eigenvalue weighted by molar-refractivity contribution is 5.82. The zero-order chi connectivity index (χ0) is 10.6. The fourth-order valence-corrected chi connectivity index (χ4v) is 1.96. The first kappa shape index (κ1) is 11.5. The molecule has 0 aromatic heterocycles. The molecule has 4 nitrogen and oxygen atoms in total. The minimum absolute atomic E-state index is 0.00315. The van der Waals surface area contributed by atoms with Crippen molar-refractivity contribution in [2.24, 2.45) is 5.73 Å². The molecule has 0 aliphatic carbocycles. The molecule has 1 rings (SSSR count). The molecular formula is C10H20N2O2. The molecular weight excluding hydrogens is 180 g/mol. The van der Waals surface area contributed by atoms with Gasteiger partial charge < -0.3 is 15.7 Å². The van der Waals surface area contributed by atoms with E-state index in [1.165, 1.54) is 0 Å². The van der Waals surface area contributed by atoms with Crippen molar-refractivity contribution in [3.05, 3.63) is 0 Å². The molecule has 1 aliphatic rings. The van der Waals surface area contributed by atoms with Crippen LogP contribution in [-0.4, -0.2) is 41.1 Å². The van der Waals surface area contributed by atoms with Crippen LogP contribution >= 0.6 is 0 Å². The minimum atomic E-state index is -0.382. The highest BCUT2D eigenvalue weighted by Gasteiger charge is 2.30. The highest BCUT2D eigenvalue weighted by atomic mass is 16.3. The van der Waals surface area contributed by atoms with E-state index in [1.54, 1.807) is 4.90 Å². The van der Waals surface area contributed by atoms with Crippen molar-refractivity contribution < 1.29 is 9.90 Å². The summed E-state index contributed by atoms with van der Waals surface area (Å²) in [5, 5.41) is 9.06. The molecule has 1 amide bonds. The van der Waals surface area contributed by atoms with E-state index in [1.807, 2.05) is 6.92 Å². The van der Waals surface area contributed by atoms with Gasteiger partial charge in [-0.1, -0.05) is 13.3 Å². The average Bonchev–Trinajstić information content (AvgIpc) is 2.64. The Morgan fingerprint density at radius 3 is 3.00 bits per heavy atom. The number of carbonyl (C=O) groups excluding carboxylic acids is 1. The molecule has 82 valence electrons. The zero-order valence-electron chi connectivity index (χ0n) is 8.78. The number of rotatable bonds is 4. The number of aliphatic hydroxyl groups is 1. The number of aliphatic hydroxyl groups excluding tert-OH is 1. The Morgan fingerprint density at radius 1 is 1.71 bits per heavy atom. The molecule has 1 saturated heterocycles. The van der Waals surface area contributed by atoms with E-state index < -0.39 is 0 Å². The highest BCUT2D eigenvalue weighted by Crippen LogP contribution is 2.18. The van der Waals surface area contributed by atoms with Crippen molar-refractivity contribution in [2.45, 2.75) is 44.7 Å². The summed E-state index contributed by atoms with van der Waals surface area (Å²) in [7, 11) is 0. The smallest absolute Gasteiger partial charge is 0.239 e. The van der Waals surface area contributed by atoms with E-state index in [0.717, 1.165) is 32.2 Å². The van der Waals surface area contributed by atoms with Gasteiger partial charge in [-0.25, -0.2) is 0 Å². The van der Waals surface area contributed by atoms with Crippen LogP contribution in [0.15, 0.2) is 0 Å². The second-order valence-electron chi connectivity index (χ2n) is 3.91. The van der Waals surface area contributed by atoms with E-state index in [-0.39, 0.29) is 24.6 Å². The third-order valence-electron chi connectivity index (χ3n) is 2.79. The van der Waals surface area contributed by atoms with Gasteiger partial charge in [0, 0.05) is 6.54 Å². The first-order chi connectivity index (χ1) is 6.70. The lowest BCUT2D eigenvalue weighted by Gasteiger charge is -2.25. The maximum Gasteiger partial charge on any atom is 0.239 e. The average molecular weight is 200 g/mol. The van der Waals surface area contributed by atoms with Crippen LogP contribution in [0, 0.1) is 0 Å². The summed E-state index contributed by atoms with van der Waals surface area (Å²) in [4.78, 5) is 13.5. The predicted molar refractivity (Wildman–Crippen MR) is 54.7 cm³/mol. The third-order valence-corrected chi connectivity index (χ3v) is 2.79. The largest absolute Gasteiger partial charge is 0.394 e. The molecule has 1 heterocycles. The number of hydrogen-bond acceptors (Lipinski definition) is 3. The van der Waals surface area contributed by atoms with E-state index in [0.29, 0.717) is 0 Å². The maximum atomic E-state index is 11.8. The summed E-state index contributed by atoms with van der Waals surface area (Å²) in [5.74, 6) is 0.00315. The minimum Gasteiger partial charge on any atom is -0.394 e. The Balaban J connectivity index is 2.50. The molecule has 1 fully saturated rings. The summed E-state index contributed by atoms with van der Waals surface area (Å²) >= 11 is 0. The van der Waals surface area contributed by atoms with Gasteiger partial charge in [-0.05, 0) is 19.3 Å². The molecule has 0 saturated carbocycles. The molecule has 3 N–H and O–H groups in total. The van der Waals surface area contributed by atoms with Crippen LogP contribution in [0.4, 0.5) is 0 Å². The van der Waals surface area contributed by atoms with Crippen LogP contribution in [-0.2, 0) is 4.79 Å². The number of likely N-dealkylation sites (tertiary alicyclic amines) is 1. The van der Waals surface area contributed by atoms with Gasteiger partial charge in [-0.15, -0.1) is 0 Å². The van der Waals surface area contributed by atoms with Crippen molar-refractivity contribution >= 4 is 5.91 Å². The van der Waals surface area contributed by atoms with E-state index in [2.05, 4.69) is 0 Å². The monoisotopic (exact) mass is 200 g/mol. The number of amides is 1. The maximum absolute atomic E-state index is 11.8. The second-order valence-corrected chi connectivity index (χ2v) is 3.91. The van der Waals surface area contributed by atoms with Gasteiger partial charge in [0.2, 0.25) is 5.91 Å². The van der Waals surface area contributed by atoms with Crippen molar-refractivity contribution in [3.63, 3.8) is 0 Å². The summed E-state index contributed by atoms with van der Waals surface area (Å²) < 4.78 is 0. The SMILES string of the molecule is CCC[C@@H](N)C(=O)N1CCCC1CO. The molecule has 0 radical (unpaired) electrons. The van der Waals surface area contributed by atoms with E-state index in [4.69, 9.17) is 10.8 Å². The first-order valence-corrected chi connectivity index (χ1v) is 5.37. The van der Waals surface area contributed by atoms with Gasteiger partial charge in [-0.3, -0.25) is 4.79 Å². The summed E-state index contributed by atoms with van der Waals surface area (Å²) in [6.07, 6.45) is 3.54. The lowest BCUT2D eigenvalue weighted by molar-refractivity contribution is -0.134. The van der Waals surface area contributed by atoms with Gasteiger partial charge in [-0.2, -0.15) is 0 Å². The van der Waals surface area contributed by atoms with Gasteiger partial charge in [0.05, 0.1) is 18.7 Å². The Morgan fingerprint density at radius 2 is 2.43 bits per heavy atom. The summed E-state index contributed by atoms with van der Waals surface area (Å²) in [5.41, 5.74) is 5.75. The number of nitrogens with zero attached hydrogens (tertiary/aromatic N) is 1. The summed E-state index contributed by atoms with van der Waals surface area (Å²) in [6.45, 7) is 2.83. The van der Waals surface area contributed by atoms with Crippen molar-refractivity contribution in [1.82, 2.24) is 4.90 Å². The van der Waals surface area contributed by atoms with Gasteiger partial charge >= 0.3 is 0 Å². The molecule has 0 spiro atoms. The fraction of sp³-hybridized carbons (Fsp3) is 0.900. The van der Waals surface area contributed by atoms with Crippen LogP contribution < -0.4 is 5.73 Å². The third kappa shape index (κ3) is 2.45. The number of hydrogen-bond donors (Lipinski definition) is 2. The van der Waals surface area contributed by atoms with E-state index in [9.17, 15) is 4.79 Å². The molecule has 2 atom stereocenters. The molecule has 1 unspecified atom stereocenters. The van der Waals surface area contributed by atoms with Crippen LogP contribution in [0.25, 0.3) is 0 Å². The van der Waals surface area contributed by atoms with Crippen LogP contribution in [0.1, 0.15) is 32.6 Å². The Hall–Kier alpha value is -0.610. The Bertz CT molecular complexity index is 197. The molecule has 14 heavy (non-hydrogen) atoms. The zero-order valence-corrected chi connectivity index (χ0v) is 8.78. The topological polar surface area (TPSA) is 66.6 Å². The first-order valence-electron chi connectivity index (χ1n) is 5.37. The Kier molecular flexibility index (Phi) is 4.35. The fourth-order valence-electron chi connectivity index (χ4n) is 1.96. The van der Waals surface area contributed by atoms with Crippen LogP contribution in [0.2, 0.25) is 0 Å². The predicted octanol–water partition coefficient (Wildman–Crippen LogP) is 0.0971. The molecule has 0 bridgehead atoms. The summed E-state index contributed by atoms with van der Waals surface area (Å²) in [6, 6.07) is -0.377. The van der Waals surface area contributed by atoms with Crippen LogP contribution in [0.5, 0.6) is 0 Å². The Labute approximate surface area is 85.1 Å². The molecule has 0 aromatic carbocycles. The quantitative estimate of drug-likeness (QED) is 0.676. The lowest BCUT2D eigenvalue weighted by Crippen LogP contribution is -2.46. The van der Waals surface area contributed by atoms with Gasteiger partial charge in [0.1, 0.15) is 0 Å². The number of carbonyl (C=O) groups is 1. The lowest BCUT2D eigenvalue weighted by atomic mass is 10.1. The van der Waals surface area contributed by atoms with Crippen molar-refractivity contribution in [2.75, 3.05) is 13.2 Å². The van der Waals surface area contributed by atoms with Crippen molar-refractivity contribution in [1.29, 1.82) is 0 Å². The second kappa shape index (κ2) is 5.32. The van der Waals surface area contributed by atoms with Crippen molar-refractivity contribution in [3.8, 4) is 0 Å². The van der Waals surface area contributed by atoms with Gasteiger partial charge in [0.25, 0.3) is 0 Å². The van der Waals surface area contributed by atoms with Gasteiger partial charge in [0.15, 0.2) is 0 Å². The number of nitrogens with two attached hydrogens (primary N) is 1. The normalized spacial score (nSPS) is 23.9. The molecule has 4 heteroatoms. The molecule has 0 aromatic rings. The molecule has 1 aliphatic heterocycles. The van der Waals surface area contributed by atoms with E-state index >= 15 is 0 Å². The van der Waals surface area contributed by atoms with Crippen LogP contribution in [0.3, 0.4) is 0 Å².